The predicted molar refractivity (Wildman–Crippen MR) is 75.1 cm³/mol. The summed E-state index contributed by atoms with van der Waals surface area (Å²) in [7, 11) is 1.27. The van der Waals surface area contributed by atoms with Gasteiger partial charge in [-0.25, -0.2) is 9.18 Å². The van der Waals surface area contributed by atoms with Crippen molar-refractivity contribution in [2.45, 2.75) is 25.3 Å². The van der Waals surface area contributed by atoms with Gasteiger partial charge in [-0.3, -0.25) is 4.79 Å². The van der Waals surface area contributed by atoms with Gasteiger partial charge in [0.2, 0.25) is 0 Å². The van der Waals surface area contributed by atoms with Crippen molar-refractivity contribution in [2.24, 2.45) is 0 Å². The minimum atomic E-state index is -0.498. The van der Waals surface area contributed by atoms with Crippen LogP contribution in [0.5, 0.6) is 0 Å². The summed E-state index contributed by atoms with van der Waals surface area (Å²) in [5, 5.41) is 2.54. The SMILES string of the molecule is COC(=O)CNC(=O)N1CCCCC1c1cccc(F)c1. The second-order valence-corrected chi connectivity index (χ2v) is 4.99. The van der Waals surface area contributed by atoms with Gasteiger partial charge in [0.15, 0.2) is 0 Å². The zero-order valence-electron chi connectivity index (χ0n) is 12.0. The molecule has 0 aromatic heterocycles. The molecule has 1 aliphatic heterocycles. The van der Waals surface area contributed by atoms with E-state index >= 15 is 0 Å². The fourth-order valence-corrected chi connectivity index (χ4v) is 2.56. The highest BCUT2D eigenvalue weighted by atomic mass is 19.1. The summed E-state index contributed by atoms with van der Waals surface area (Å²) in [5.41, 5.74) is 0.780. The quantitative estimate of drug-likeness (QED) is 0.870. The lowest BCUT2D eigenvalue weighted by Crippen LogP contribution is -2.46. The Hall–Kier alpha value is -2.11. The van der Waals surface area contributed by atoms with Crippen LogP contribution < -0.4 is 5.32 Å². The van der Waals surface area contributed by atoms with E-state index in [2.05, 4.69) is 10.1 Å². The number of methoxy groups -OCH3 is 1. The number of hydrogen-bond donors (Lipinski definition) is 1. The fraction of sp³-hybridized carbons (Fsp3) is 0.467. The minimum absolute atomic E-state index is 0.160. The van der Waals surface area contributed by atoms with Gasteiger partial charge in [-0.15, -0.1) is 0 Å². The molecule has 0 saturated carbocycles. The van der Waals surface area contributed by atoms with E-state index in [0.29, 0.717) is 6.54 Å². The molecule has 0 radical (unpaired) electrons. The molecule has 6 heteroatoms. The number of hydrogen-bond acceptors (Lipinski definition) is 3. The predicted octanol–water partition coefficient (Wildman–Crippen LogP) is 2.24. The van der Waals surface area contributed by atoms with E-state index in [0.717, 1.165) is 24.8 Å². The Morgan fingerprint density at radius 2 is 2.24 bits per heavy atom. The molecule has 0 spiro atoms. The van der Waals surface area contributed by atoms with Gasteiger partial charge in [-0.2, -0.15) is 0 Å². The molecular formula is C15H19FN2O3. The fourth-order valence-electron chi connectivity index (χ4n) is 2.56. The maximum absolute atomic E-state index is 13.4. The number of esters is 1. The Bertz CT molecular complexity index is 521. The molecule has 1 aromatic carbocycles. The van der Waals surface area contributed by atoms with Crippen LogP contribution in [0.1, 0.15) is 30.9 Å². The normalized spacial score (nSPS) is 18.2. The molecule has 1 aromatic rings. The summed E-state index contributed by atoms with van der Waals surface area (Å²) in [6.45, 7) is 0.426. The van der Waals surface area contributed by atoms with Crippen LogP contribution in [0.15, 0.2) is 24.3 Å². The van der Waals surface area contributed by atoms with Crippen LogP contribution in [-0.2, 0) is 9.53 Å². The van der Waals surface area contributed by atoms with Crippen LogP contribution in [-0.4, -0.2) is 37.1 Å². The summed E-state index contributed by atoms with van der Waals surface area (Å²) in [4.78, 5) is 24.9. The first kappa shape index (κ1) is 15.3. The summed E-state index contributed by atoms with van der Waals surface area (Å²) in [6, 6.07) is 5.81. The van der Waals surface area contributed by atoms with Crippen molar-refractivity contribution in [3.8, 4) is 0 Å². The highest BCUT2D eigenvalue weighted by Gasteiger charge is 2.28. The Morgan fingerprint density at radius 1 is 1.43 bits per heavy atom. The molecule has 21 heavy (non-hydrogen) atoms. The average molecular weight is 294 g/mol. The Morgan fingerprint density at radius 3 is 2.95 bits per heavy atom. The summed E-state index contributed by atoms with van der Waals surface area (Å²) in [6.07, 6.45) is 2.68. The van der Waals surface area contributed by atoms with Crippen molar-refractivity contribution in [1.29, 1.82) is 0 Å². The van der Waals surface area contributed by atoms with Gasteiger partial charge in [0.05, 0.1) is 13.2 Å². The van der Waals surface area contributed by atoms with Crippen molar-refractivity contribution < 1.29 is 18.7 Å². The second-order valence-electron chi connectivity index (χ2n) is 4.99. The molecule has 2 amide bonds. The van der Waals surface area contributed by atoms with Crippen molar-refractivity contribution in [1.82, 2.24) is 10.2 Å². The van der Waals surface area contributed by atoms with Crippen LogP contribution in [0.2, 0.25) is 0 Å². The number of piperidine rings is 1. The number of urea groups is 1. The van der Waals surface area contributed by atoms with Gasteiger partial charge >= 0.3 is 12.0 Å². The Labute approximate surface area is 123 Å². The zero-order chi connectivity index (χ0) is 15.2. The van der Waals surface area contributed by atoms with E-state index in [-0.39, 0.29) is 24.4 Å². The molecule has 1 unspecified atom stereocenters. The van der Waals surface area contributed by atoms with Crippen molar-refractivity contribution in [2.75, 3.05) is 20.2 Å². The van der Waals surface area contributed by atoms with Crippen LogP contribution >= 0.6 is 0 Å². The van der Waals surface area contributed by atoms with E-state index in [4.69, 9.17) is 0 Å². The molecule has 1 aliphatic rings. The third-order valence-corrected chi connectivity index (χ3v) is 3.61. The molecule has 1 saturated heterocycles. The van der Waals surface area contributed by atoms with Crippen molar-refractivity contribution >= 4 is 12.0 Å². The molecule has 114 valence electrons. The lowest BCUT2D eigenvalue weighted by Gasteiger charge is -2.36. The number of benzene rings is 1. The summed E-state index contributed by atoms with van der Waals surface area (Å²) in [5.74, 6) is -0.810. The van der Waals surface area contributed by atoms with Gasteiger partial charge in [-0.05, 0) is 37.0 Å². The highest BCUT2D eigenvalue weighted by Crippen LogP contribution is 2.31. The maximum atomic E-state index is 13.4. The molecule has 1 heterocycles. The van der Waals surface area contributed by atoms with E-state index in [1.165, 1.54) is 19.2 Å². The number of halogens is 1. The number of carbonyl (C=O) groups is 2. The van der Waals surface area contributed by atoms with E-state index < -0.39 is 5.97 Å². The first-order valence-electron chi connectivity index (χ1n) is 6.98. The van der Waals surface area contributed by atoms with Crippen LogP contribution in [0.3, 0.4) is 0 Å². The highest BCUT2D eigenvalue weighted by molar-refractivity contribution is 5.81. The van der Waals surface area contributed by atoms with E-state index in [9.17, 15) is 14.0 Å². The topological polar surface area (TPSA) is 58.6 Å². The van der Waals surface area contributed by atoms with Crippen molar-refractivity contribution in [3.05, 3.63) is 35.6 Å². The molecule has 0 aliphatic carbocycles. The standard InChI is InChI=1S/C15H19FN2O3/c1-21-14(19)10-17-15(20)18-8-3-2-7-13(18)11-5-4-6-12(16)9-11/h4-6,9,13H,2-3,7-8,10H2,1H3,(H,17,20). The van der Waals surface area contributed by atoms with Crippen LogP contribution in [0.4, 0.5) is 9.18 Å². The molecule has 1 fully saturated rings. The minimum Gasteiger partial charge on any atom is -0.468 e. The Balaban J connectivity index is 2.08. The van der Waals surface area contributed by atoms with Gasteiger partial charge in [-0.1, -0.05) is 12.1 Å². The second kappa shape index (κ2) is 7.06. The molecular weight excluding hydrogens is 275 g/mol. The molecule has 1 N–H and O–H groups in total. The molecule has 2 rings (SSSR count). The number of carbonyl (C=O) groups excluding carboxylic acids is 2. The van der Waals surface area contributed by atoms with E-state index in [1.807, 2.05) is 6.07 Å². The number of rotatable bonds is 3. The lowest BCUT2D eigenvalue weighted by atomic mass is 9.95. The monoisotopic (exact) mass is 294 g/mol. The average Bonchev–Trinajstić information content (AvgIpc) is 2.52. The van der Waals surface area contributed by atoms with Crippen molar-refractivity contribution in [3.63, 3.8) is 0 Å². The molecule has 5 nitrogen and oxygen atoms in total. The van der Waals surface area contributed by atoms with Gasteiger partial charge in [0, 0.05) is 6.54 Å². The van der Waals surface area contributed by atoms with Crippen LogP contribution in [0, 0.1) is 5.82 Å². The first-order chi connectivity index (χ1) is 10.1. The van der Waals surface area contributed by atoms with Gasteiger partial charge in [0.25, 0.3) is 0 Å². The number of amides is 2. The maximum Gasteiger partial charge on any atom is 0.325 e. The first-order valence-corrected chi connectivity index (χ1v) is 6.98. The molecule has 1 atom stereocenters. The van der Waals surface area contributed by atoms with Gasteiger partial charge < -0.3 is 15.0 Å². The number of nitrogens with zero attached hydrogens (tertiary/aromatic N) is 1. The summed E-state index contributed by atoms with van der Waals surface area (Å²) < 4.78 is 17.9. The molecule has 0 bridgehead atoms. The third kappa shape index (κ3) is 3.93. The summed E-state index contributed by atoms with van der Waals surface area (Å²) >= 11 is 0. The van der Waals surface area contributed by atoms with Gasteiger partial charge in [0.1, 0.15) is 12.4 Å². The number of nitrogens with one attached hydrogen (secondary N) is 1. The zero-order valence-corrected chi connectivity index (χ0v) is 12.0. The third-order valence-electron chi connectivity index (χ3n) is 3.61. The van der Waals surface area contributed by atoms with E-state index in [1.54, 1.807) is 11.0 Å². The smallest absolute Gasteiger partial charge is 0.325 e. The Kier molecular flexibility index (Phi) is 5.14. The van der Waals surface area contributed by atoms with Crippen LogP contribution in [0.25, 0.3) is 0 Å². The lowest BCUT2D eigenvalue weighted by molar-refractivity contribution is -0.139. The number of likely N-dealkylation sites (tertiary alicyclic amines) is 1. The largest absolute Gasteiger partial charge is 0.468 e. The number of ether oxygens (including phenoxy) is 1.